The number of hydrogen-bond acceptors (Lipinski definition) is 2. The predicted molar refractivity (Wildman–Crippen MR) is 64.1 cm³/mol. The number of para-hydroxylation sites is 1. The highest BCUT2D eigenvalue weighted by Gasteiger charge is 2.47. The molecule has 1 heterocycles. The molecule has 2 nitrogen and oxygen atoms in total. The van der Waals surface area contributed by atoms with Gasteiger partial charge >= 0.3 is 0 Å². The molecular formula is C13H18N2. The number of anilines is 2. The van der Waals surface area contributed by atoms with Gasteiger partial charge in [-0.15, -0.1) is 0 Å². The Balaban J connectivity index is 1.83. The lowest BCUT2D eigenvalue weighted by Crippen LogP contribution is -2.60. The molecule has 1 aromatic rings. The Bertz CT molecular complexity index is 365. The Morgan fingerprint density at radius 3 is 2.53 bits per heavy atom. The maximum Gasteiger partial charge on any atom is 0.0630 e. The van der Waals surface area contributed by atoms with Crippen LogP contribution in [0.1, 0.15) is 24.8 Å². The predicted octanol–water partition coefficient (Wildman–Crippen LogP) is 2.57. The molecule has 3 rings (SSSR count). The van der Waals surface area contributed by atoms with Crippen molar-refractivity contribution in [3.8, 4) is 0 Å². The van der Waals surface area contributed by atoms with E-state index in [9.17, 15) is 0 Å². The van der Waals surface area contributed by atoms with E-state index in [-0.39, 0.29) is 0 Å². The van der Waals surface area contributed by atoms with Crippen LogP contribution in [0.25, 0.3) is 0 Å². The van der Waals surface area contributed by atoms with E-state index >= 15 is 0 Å². The topological polar surface area (TPSA) is 29.3 Å². The molecule has 2 N–H and O–H groups in total. The quantitative estimate of drug-likeness (QED) is 0.709. The van der Waals surface area contributed by atoms with Crippen LogP contribution >= 0.6 is 0 Å². The van der Waals surface area contributed by atoms with Gasteiger partial charge < -0.3 is 10.6 Å². The lowest BCUT2D eigenvalue weighted by Gasteiger charge is -2.57. The van der Waals surface area contributed by atoms with Gasteiger partial charge in [0.1, 0.15) is 0 Å². The van der Waals surface area contributed by atoms with Gasteiger partial charge in [-0.1, -0.05) is 18.6 Å². The highest BCUT2D eigenvalue weighted by atomic mass is 15.2. The van der Waals surface area contributed by atoms with Crippen LogP contribution in [0, 0.1) is 12.3 Å². The monoisotopic (exact) mass is 202 g/mol. The highest BCUT2D eigenvalue weighted by Crippen LogP contribution is 2.50. The van der Waals surface area contributed by atoms with Crippen LogP contribution in [0.4, 0.5) is 11.4 Å². The lowest BCUT2D eigenvalue weighted by molar-refractivity contribution is 0.0904. The second-order valence-electron chi connectivity index (χ2n) is 5.22. The Morgan fingerprint density at radius 2 is 2.00 bits per heavy atom. The number of nitrogens with zero attached hydrogens (tertiary/aromatic N) is 1. The summed E-state index contributed by atoms with van der Waals surface area (Å²) in [5.41, 5.74) is 10.2. The first-order valence-electron chi connectivity index (χ1n) is 5.80. The maximum atomic E-state index is 6.04. The lowest BCUT2D eigenvalue weighted by atomic mass is 9.63. The molecule has 0 unspecified atom stereocenters. The molecule has 15 heavy (non-hydrogen) atoms. The number of benzene rings is 1. The number of nitrogens with two attached hydrogens (primary N) is 1. The fourth-order valence-electron chi connectivity index (χ4n) is 3.03. The summed E-state index contributed by atoms with van der Waals surface area (Å²) in [6.45, 7) is 4.60. The molecule has 2 fully saturated rings. The van der Waals surface area contributed by atoms with Crippen molar-refractivity contribution in [1.29, 1.82) is 0 Å². The first kappa shape index (κ1) is 9.08. The van der Waals surface area contributed by atoms with Gasteiger partial charge in [0.2, 0.25) is 0 Å². The molecule has 1 aromatic carbocycles. The fraction of sp³-hybridized carbons (Fsp3) is 0.538. The minimum Gasteiger partial charge on any atom is -0.397 e. The zero-order chi connectivity index (χ0) is 10.5. The Labute approximate surface area is 91.1 Å². The number of hydrogen-bond donors (Lipinski definition) is 1. The number of aryl methyl sites for hydroxylation is 1. The third kappa shape index (κ3) is 1.24. The van der Waals surface area contributed by atoms with Crippen LogP contribution in [-0.4, -0.2) is 13.1 Å². The highest BCUT2D eigenvalue weighted by molar-refractivity contribution is 5.72. The summed E-state index contributed by atoms with van der Waals surface area (Å²) in [6, 6.07) is 6.19. The molecule has 0 aromatic heterocycles. The van der Waals surface area contributed by atoms with Gasteiger partial charge in [0.25, 0.3) is 0 Å². The molecule has 1 saturated carbocycles. The van der Waals surface area contributed by atoms with Crippen molar-refractivity contribution in [2.24, 2.45) is 5.41 Å². The van der Waals surface area contributed by atoms with Crippen molar-refractivity contribution < 1.29 is 0 Å². The minimum atomic E-state index is 0.675. The number of nitrogen functional groups attached to an aromatic ring is 1. The average Bonchev–Trinajstić information content (AvgIpc) is 2.04. The van der Waals surface area contributed by atoms with Gasteiger partial charge in [-0.25, -0.2) is 0 Å². The van der Waals surface area contributed by atoms with Crippen LogP contribution in [0.15, 0.2) is 18.2 Å². The number of rotatable bonds is 1. The van der Waals surface area contributed by atoms with Gasteiger partial charge in [-0.2, -0.15) is 0 Å². The Hall–Kier alpha value is -1.18. The molecule has 0 atom stereocenters. The second kappa shape index (κ2) is 2.91. The third-order valence-electron chi connectivity index (χ3n) is 4.05. The fourth-order valence-corrected chi connectivity index (χ4v) is 3.03. The molecular weight excluding hydrogens is 184 g/mol. The van der Waals surface area contributed by atoms with Crippen molar-refractivity contribution in [1.82, 2.24) is 0 Å². The molecule has 0 radical (unpaired) electrons. The van der Waals surface area contributed by atoms with Gasteiger partial charge in [0.05, 0.1) is 11.4 Å². The van der Waals surface area contributed by atoms with E-state index in [1.165, 1.54) is 43.6 Å². The SMILES string of the molecule is Cc1cccc(N)c1N1CC2(CCC2)C1. The average molecular weight is 202 g/mol. The van der Waals surface area contributed by atoms with E-state index in [0.717, 1.165) is 5.69 Å². The third-order valence-corrected chi connectivity index (χ3v) is 4.05. The Kier molecular flexibility index (Phi) is 1.76. The van der Waals surface area contributed by atoms with Crippen molar-refractivity contribution in [3.63, 3.8) is 0 Å². The standard InChI is InChI=1S/C13H18N2/c1-10-4-2-5-11(14)12(10)15-8-13(9-15)6-3-7-13/h2,4-5H,3,6-9,14H2,1H3. The summed E-state index contributed by atoms with van der Waals surface area (Å²) >= 11 is 0. The van der Waals surface area contributed by atoms with Crippen LogP contribution in [0.5, 0.6) is 0 Å². The van der Waals surface area contributed by atoms with Gasteiger partial charge in [-0.05, 0) is 31.4 Å². The molecule has 1 spiro atoms. The molecule has 1 saturated heterocycles. The smallest absolute Gasteiger partial charge is 0.0630 e. The van der Waals surface area contributed by atoms with E-state index in [4.69, 9.17) is 5.73 Å². The van der Waals surface area contributed by atoms with Crippen LogP contribution in [0.3, 0.4) is 0 Å². The van der Waals surface area contributed by atoms with Crippen molar-refractivity contribution in [2.45, 2.75) is 26.2 Å². The normalized spacial score (nSPS) is 22.3. The summed E-state index contributed by atoms with van der Waals surface area (Å²) in [7, 11) is 0. The summed E-state index contributed by atoms with van der Waals surface area (Å²) < 4.78 is 0. The molecule has 0 amide bonds. The van der Waals surface area contributed by atoms with Crippen molar-refractivity contribution in [2.75, 3.05) is 23.7 Å². The first-order valence-corrected chi connectivity index (χ1v) is 5.80. The second-order valence-corrected chi connectivity index (χ2v) is 5.22. The summed E-state index contributed by atoms with van der Waals surface area (Å²) in [5, 5.41) is 0. The first-order chi connectivity index (χ1) is 7.20. The minimum absolute atomic E-state index is 0.675. The largest absolute Gasteiger partial charge is 0.397 e. The summed E-state index contributed by atoms with van der Waals surface area (Å²) in [6.07, 6.45) is 4.28. The van der Waals surface area contributed by atoms with Gasteiger partial charge in [-0.3, -0.25) is 0 Å². The van der Waals surface area contributed by atoms with Crippen LogP contribution in [-0.2, 0) is 0 Å². The van der Waals surface area contributed by atoms with E-state index in [2.05, 4.69) is 17.9 Å². The molecule has 2 heteroatoms. The zero-order valence-electron chi connectivity index (χ0n) is 9.29. The summed E-state index contributed by atoms with van der Waals surface area (Å²) in [5.74, 6) is 0. The molecule has 1 aliphatic heterocycles. The molecule has 1 aliphatic carbocycles. The molecule has 0 bridgehead atoms. The van der Waals surface area contributed by atoms with Crippen molar-refractivity contribution in [3.05, 3.63) is 23.8 Å². The van der Waals surface area contributed by atoms with E-state index in [1.807, 2.05) is 12.1 Å². The Morgan fingerprint density at radius 1 is 1.27 bits per heavy atom. The van der Waals surface area contributed by atoms with Gasteiger partial charge in [0, 0.05) is 18.5 Å². The van der Waals surface area contributed by atoms with Crippen LogP contribution in [0.2, 0.25) is 0 Å². The van der Waals surface area contributed by atoms with E-state index in [0.29, 0.717) is 5.41 Å². The van der Waals surface area contributed by atoms with Crippen molar-refractivity contribution >= 4 is 11.4 Å². The molecule has 80 valence electrons. The van der Waals surface area contributed by atoms with Gasteiger partial charge in [0.15, 0.2) is 0 Å². The zero-order valence-corrected chi connectivity index (χ0v) is 9.29. The van der Waals surface area contributed by atoms with Crippen LogP contribution < -0.4 is 10.6 Å². The molecule has 2 aliphatic rings. The summed E-state index contributed by atoms with van der Waals surface area (Å²) in [4.78, 5) is 2.45. The van der Waals surface area contributed by atoms with E-state index < -0.39 is 0 Å². The van der Waals surface area contributed by atoms with E-state index in [1.54, 1.807) is 0 Å². The maximum absolute atomic E-state index is 6.04.